The van der Waals surface area contributed by atoms with Gasteiger partial charge in [-0.2, -0.15) is 0 Å². The first kappa shape index (κ1) is 20.1. The number of anilines is 1. The molecular formula is C20H32N4O2. The van der Waals surface area contributed by atoms with Crippen molar-refractivity contribution in [2.75, 3.05) is 18.5 Å². The number of benzene rings is 1. The summed E-state index contributed by atoms with van der Waals surface area (Å²) in [4.78, 5) is 24.8. The monoisotopic (exact) mass is 360 g/mol. The van der Waals surface area contributed by atoms with Crippen LogP contribution in [-0.2, 0) is 11.3 Å². The van der Waals surface area contributed by atoms with E-state index in [0.29, 0.717) is 25.6 Å². The minimum atomic E-state index is -0.521. The van der Waals surface area contributed by atoms with Gasteiger partial charge < -0.3 is 21.3 Å². The third-order valence-corrected chi connectivity index (χ3v) is 5.09. The van der Waals surface area contributed by atoms with Crippen LogP contribution in [0.4, 0.5) is 10.5 Å². The van der Waals surface area contributed by atoms with Gasteiger partial charge in [0, 0.05) is 38.3 Å². The molecule has 1 saturated carbocycles. The summed E-state index contributed by atoms with van der Waals surface area (Å²) in [6, 6.07) is 8.60. The van der Waals surface area contributed by atoms with Crippen LogP contribution in [0.25, 0.3) is 0 Å². The van der Waals surface area contributed by atoms with Crippen molar-refractivity contribution in [1.29, 1.82) is 0 Å². The summed E-state index contributed by atoms with van der Waals surface area (Å²) < 4.78 is 0. The lowest BCUT2D eigenvalue weighted by Crippen LogP contribution is -2.33. The number of urea groups is 1. The van der Waals surface area contributed by atoms with E-state index in [9.17, 15) is 9.59 Å². The number of hydrogen-bond acceptors (Lipinski definition) is 3. The quantitative estimate of drug-likeness (QED) is 0.592. The summed E-state index contributed by atoms with van der Waals surface area (Å²) in [5.74, 6) is 0.0347. The molecule has 4 N–H and O–H groups in total. The van der Waals surface area contributed by atoms with Crippen molar-refractivity contribution in [2.45, 2.75) is 64.0 Å². The Labute approximate surface area is 156 Å². The molecule has 1 fully saturated rings. The fourth-order valence-electron chi connectivity index (χ4n) is 3.44. The summed E-state index contributed by atoms with van der Waals surface area (Å²) in [6.07, 6.45) is 8.53. The number of primary amides is 1. The molecule has 0 radical (unpaired) electrons. The predicted molar refractivity (Wildman–Crippen MR) is 105 cm³/mol. The lowest BCUT2D eigenvalue weighted by atomic mass is 9.94. The van der Waals surface area contributed by atoms with Gasteiger partial charge in [0.05, 0.1) is 0 Å². The number of hydrogen-bond donors (Lipinski definition) is 3. The molecule has 1 aliphatic rings. The van der Waals surface area contributed by atoms with Crippen LogP contribution in [0, 0.1) is 0 Å². The normalized spacial score (nSPS) is 14.7. The lowest BCUT2D eigenvalue weighted by Gasteiger charge is -2.33. The highest BCUT2D eigenvalue weighted by atomic mass is 16.2. The number of nitrogens with one attached hydrogen (secondary N) is 2. The number of unbranched alkanes of at least 4 members (excludes halogenated alkanes) is 1. The van der Waals surface area contributed by atoms with Gasteiger partial charge in [-0.05, 0) is 43.4 Å². The van der Waals surface area contributed by atoms with Crippen molar-refractivity contribution in [3.8, 4) is 0 Å². The Kier molecular flexibility index (Phi) is 8.25. The highest BCUT2D eigenvalue weighted by molar-refractivity contribution is 5.75. The minimum absolute atomic E-state index is 0.0347. The van der Waals surface area contributed by atoms with Crippen molar-refractivity contribution in [2.24, 2.45) is 5.73 Å². The van der Waals surface area contributed by atoms with Crippen molar-refractivity contribution < 1.29 is 9.59 Å². The third-order valence-electron chi connectivity index (χ3n) is 5.09. The summed E-state index contributed by atoms with van der Waals surface area (Å²) in [6.45, 7) is 1.06. The molecule has 6 heteroatoms. The third kappa shape index (κ3) is 6.94. The highest BCUT2D eigenvalue weighted by Crippen LogP contribution is 2.26. The van der Waals surface area contributed by atoms with Gasteiger partial charge in [0.15, 0.2) is 0 Å². The molecule has 144 valence electrons. The van der Waals surface area contributed by atoms with Gasteiger partial charge in [-0.15, -0.1) is 0 Å². The number of carbonyl (C=O) groups excluding carboxylic acids is 2. The molecule has 0 atom stereocenters. The average molecular weight is 361 g/mol. The van der Waals surface area contributed by atoms with E-state index >= 15 is 0 Å². The highest BCUT2D eigenvalue weighted by Gasteiger charge is 2.18. The minimum Gasteiger partial charge on any atom is -0.372 e. The molecule has 2 rings (SSSR count). The summed E-state index contributed by atoms with van der Waals surface area (Å²) in [5.41, 5.74) is 7.34. The first-order valence-corrected chi connectivity index (χ1v) is 9.68. The van der Waals surface area contributed by atoms with Crippen molar-refractivity contribution in [3.05, 3.63) is 29.8 Å². The number of carbonyl (C=O) groups is 2. The zero-order valence-electron chi connectivity index (χ0n) is 15.8. The Morgan fingerprint density at radius 2 is 1.77 bits per heavy atom. The summed E-state index contributed by atoms with van der Waals surface area (Å²) in [5, 5.41) is 5.46. The maximum absolute atomic E-state index is 11.9. The Bertz CT molecular complexity index is 568. The SMILES string of the molecule is CN(c1ccc(CNC(=O)CCCCNC(N)=O)cc1)C1CCCCC1. The van der Waals surface area contributed by atoms with Gasteiger partial charge in [0.2, 0.25) is 5.91 Å². The van der Waals surface area contributed by atoms with Gasteiger partial charge in [0.1, 0.15) is 0 Å². The van der Waals surface area contributed by atoms with Crippen LogP contribution in [0.3, 0.4) is 0 Å². The molecular weight excluding hydrogens is 328 g/mol. The molecule has 0 saturated heterocycles. The summed E-state index contributed by atoms with van der Waals surface area (Å²) in [7, 11) is 2.18. The maximum Gasteiger partial charge on any atom is 0.312 e. The number of nitrogens with two attached hydrogens (primary N) is 1. The molecule has 0 aromatic heterocycles. The lowest BCUT2D eigenvalue weighted by molar-refractivity contribution is -0.121. The van der Waals surface area contributed by atoms with Crippen LogP contribution in [0.5, 0.6) is 0 Å². The largest absolute Gasteiger partial charge is 0.372 e. The van der Waals surface area contributed by atoms with E-state index in [4.69, 9.17) is 5.73 Å². The maximum atomic E-state index is 11.9. The fraction of sp³-hybridized carbons (Fsp3) is 0.600. The molecule has 1 aliphatic carbocycles. The number of rotatable bonds is 9. The molecule has 0 aliphatic heterocycles. The van der Waals surface area contributed by atoms with E-state index in [1.807, 2.05) is 0 Å². The molecule has 1 aromatic carbocycles. The molecule has 0 heterocycles. The Morgan fingerprint density at radius 1 is 1.08 bits per heavy atom. The number of amides is 3. The first-order valence-electron chi connectivity index (χ1n) is 9.68. The average Bonchev–Trinajstić information content (AvgIpc) is 2.66. The summed E-state index contributed by atoms with van der Waals surface area (Å²) >= 11 is 0. The number of nitrogens with zero attached hydrogens (tertiary/aromatic N) is 1. The van der Waals surface area contributed by atoms with E-state index in [1.165, 1.54) is 37.8 Å². The van der Waals surface area contributed by atoms with E-state index in [2.05, 4.69) is 46.8 Å². The van der Waals surface area contributed by atoms with Crippen LogP contribution in [0.2, 0.25) is 0 Å². The van der Waals surface area contributed by atoms with Crippen LogP contribution in [0.1, 0.15) is 56.9 Å². The Morgan fingerprint density at radius 3 is 2.42 bits per heavy atom. The second-order valence-electron chi connectivity index (χ2n) is 7.09. The van der Waals surface area contributed by atoms with Crippen LogP contribution in [-0.4, -0.2) is 31.6 Å². The van der Waals surface area contributed by atoms with Crippen LogP contribution in [0.15, 0.2) is 24.3 Å². The second kappa shape index (κ2) is 10.7. The van der Waals surface area contributed by atoms with Crippen molar-refractivity contribution in [1.82, 2.24) is 10.6 Å². The zero-order valence-corrected chi connectivity index (χ0v) is 15.8. The Balaban J connectivity index is 1.68. The smallest absolute Gasteiger partial charge is 0.312 e. The van der Waals surface area contributed by atoms with Crippen LogP contribution < -0.4 is 21.3 Å². The molecule has 3 amide bonds. The van der Waals surface area contributed by atoms with Gasteiger partial charge in [-0.1, -0.05) is 31.4 Å². The van der Waals surface area contributed by atoms with Gasteiger partial charge in [-0.25, -0.2) is 4.79 Å². The molecule has 0 spiro atoms. The van der Waals surface area contributed by atoms with E-state index < -0.39 is 6.03 Å². The van der Waals surface area contributed by atoms with Gasteiger partial charge >= 0.3 is 6.03 Å². The predicted octanol–water partition coefficient (Wildman–Crippen LogP) is 2.91. The standard InChI is InChI=1S/C20H32N4O2/c1-24(17-7-3-2-4-8-17)18-12-10-16(11-13-18)15-23-19(25)9-5-6-14-22-20(21)26/h10-13,17H,2-9,14-15H2,1H3,(H,23,25)(H3,21,22,26). The first-order chi connectivity index (χ1) is 12.6. The van der Waals surface area contributed by atoms with Gasteiger partial charge in [-0.3, -0.25) is 4.79 Å². The molecule has 26 heavy (non-hydrogen) atoms. The molecule has 0 unspecified atom stereocenters. The molecule has 6 nitrogen and oxygen atoms in total. The zero-order chi connectivity index (χ0) is 18.8. The van der Waals surface area contributed by atoms with E-state index in [1.54, 1.807) is 0 Å². The topological polar surface area (TPSA) is 87.5 Å². The fourth-order valence-corrected chi connectivity index (χ4v) is 3.44. The van der Waals surface area contributed by atoms with Gasteiger partial charge in [0.25, 0.3) is 0 Å². The van der Waals surface area contributed by atoms with E-state index in [0.717, 1.165) is 18.4 Å². The van der Waals surface area contributed by atoms with Crippen LogP contribution >= 0.6 is 0 Å². The van der Waals surface area contributed by atoms with Crippen molar-refractivity contribution >= 4 is 17.6 Å². The van der Waals surface area contributed by atoms with Crippen molar-refractivity contribution in [3.63, 3.8) is 0 Å². The Hall–Kier alpha value is -2.24. The molecule has 1 aromatic rings. The van der Waals surface area contributed by atoms with E-state index in [-0.39, 0.29) is 5.91 Å². The second-order valence-corrected chi connectivity index (χ2v) is 7.09. The molecule has 0 bridgehead atoms.